The third-order valence-corrected chi connectivity index (χ3v) is 15.4. The van der Waals surface area contributed by atoms with Gasteiger partial charge in [0.2, 0.25) is 5.69 Å². The second-order valence-electron chi connectivity index (χ2n) is 17.0. The van der Waals surface area contributed by atoms with Crippen LogP contribution in [0, 0.1) is 0 Å². The van der Waals surface area contributed by atoms with Crippen LogP contribution >= 0.6 is 0 Å². The zero-order valence-electron chi connectivity index (χ0n) is 37.7. The molecule has 0 radical (unpaired) electrons. The first-order valence-corrected chi connectivity index (χ1v) is 27.6. The number of methoxy groups -OCH3 is 1. The van der Waals surface area contributed by atoms with Crippen LogP contribution in [0.2, 0.25) is 0 Å². The zero-order valence-corrected chi connectivity index (χ0v) is 40.9. The molecule has 0 bridgehead atoms. The Morgan fingerprint density at radius 3 is 1.93 bits per heavy atom. The molecule has 3 aliphatic rings. The van der Waals surface area contributed by atoms with Crippen LogP contribution < -0.4 is 4.90 Å². The van der Waals surface area contributed by atoms with Crippen molar-refractivity contribution in [3.63, 3.8) is 0 Å². The van der Waals surface area contributed by atoms with E-state index in [4.69, 9.17) is 9.57 Å². The predicted molar refractivity (Wildman–Crippen MR) is 249 cm³/mol. The highest BCUT2D eigenvalue weighted by Gasteiger charge is 2.48. The molecule has 20 nitrogen and oxygen atoms in total. The van der Waals surface area contributed by atoms with E-state index in [0.717, 1.165) is 5.70 Å². The van der Waals surface area contributed by atoms with Crippen LogP contribution in [0.4, 0.5) is 11.4 Å². The lowest BCUT2D eigenvalue weighted by molar-refractivity contribution is -0.437. The van der Waals surface area contributed by atoms with Crippen molar-refractivity contribution < 1.29 is 80.4 Å². The molecule has 0 aromatic heterocycles. The van der Waals surface area contributed by atoms with Gasteiger partial charge in [0.25, 0.3) is 52.3 Å². The summed E-state index contributed by atoms with van der Waals surface area (Å²) in [5, 5.41) is 0.505. The van der Waals surface area contributed by atoms with E-state index in [1.54, 1.807) is 54.0 Å². The summed E-state index contributed by atoms with van der Waals surface area (Å²) in [5.74, 6) is -3.04. The maximum absolute atomic E-state index is 12.4. The minimum absolute atomic E-state index is 0.0193. The van der Waals surface area contributed by atoms with E-state index in [1.165, 1.54) is 37.4 Å². The van der Waals surface area contributed by atoms with Gasteiger partial charge in [0.1, 0.15) is 6.54 Å². The van der Waals surface area contributed by atoms with Crippen LogP contribution in [0.25, 0.3) is 0 Å². The van der Waals surface area contributed by atoms with Gasteiger partial charge in [0, 0.05) is 80.4 Å². The molecule has 3 aliphatic heterocycles. The van der Waals surface area contributed by atoms with Crippen LogP contribution in [0.3, 0.4) is 0 Å². The SMILES string of the molecule is COCCC1(C)C(=CC=CC=CC=CC2=[N+](CCCS(=O)(=O)O)c3ccc(S(=O)(=O)O)cc3C2(C)CCCS(=O)(=O)O)N(CCCCCC(=O)ON2C(=O)CCC2=O)c2ccc(S(=O)(=O)O)cc21. The largest absolute Gasteiger partial charge is 0.385 e. The smallest absolute Gasteiger partial charge is 0.333 e. The standard InChI is InChI=1S/C44H55N3O17S4/c1-43(23-12-28-65(51,52)53)34-30-32(67(57,58)59)17-19-36(34)46(26-13-29-66(54,55)56)38(43)14-8-5-4-6-9-15-39-44(2,24-27-63-3)35-31-33(68(60,61)62)18-20-37(35)45(39)25-11-7-10-16-42(50)64-47-40(48)21-22-41(47)49/h4-6,8-9,14-15,17-20,30-31H,7,10-13,16,21-29H2,1-3H3,(H3-,51,52,53,54,55,56,57,58,59,60,61,62)/p+1. The number of hydroxylamine groups is 2. The molecule has 0 aliphatic carbocycles. The zero-order chi connectivity index (χ0) is 50.3. The predicted octanol–water partition coefficient (Wildman–Crippen LogP) is 5.02. The van der Waals surface area contributed by atoms with Gasteiger partial charge in [-0.3, -0.25) is 27.8 Å². The monoisotopic (exact) mass is 1030 g/mol. The number of carbonyl (C=O) groups is 3. The van der Waals surface area contributed by atoms with Crippen LogP contribution in [0.5, 0.6) is 0 Å². The molecule has 4 N–H and O–H groups in total. The molecule has 2 amide bonds. The first-order valence-electron chi connectivity index (χ1n) is 21.5. The summed E-state index contributed by atoms with van der Waals surface area (Å²) in [5.41, 5.74) is 1.51. The average molecular weight is 1030 g/mol. The van der Waals surface area contributed by atoms with Gasteiger partial charge >= 0.3 is 5.97 Å². The van der Waals surface area contributed by atoms with Crippen molar-refractivity contribution in [3.8, 4) is 0 Å². The third-order valence-electron chi connectivity index (χ3n) is 12.1. The second kappa shape index (κ2) is 21.8. The molecule has 2 aromatic carbocycles. The number of benzene rings is 2. The molecule has 372 valence electrons. The molecule has 3 heterocycles. The Balaban J connectivity index is 1.44. The van der Waals surface area contributed by atoms with E-state index in [1.807, 2.05) is 17.9 Å². The maximum atomic E-state index is 12.4. The number of fused-ring (bicyclic) bond motifs is 2. The number of hydrogen-bond donors (Lipinski definition) is 4. The molecule has 1 fully saturated rings. The number of hydrogen-bond acceptors (Lipinski definition) is 14. The number of anilines is 1. The Bertz CT molecular complexity index is 2890. The number of carbonyl (C=O) groups excluding carboxylic acids is 3. The number of nitrogens with zero attached hydrogens (tertiary/aromatic N) is 3. The topological polar surface area (TPSA) is 297 Å². The van der Waals surface area contributed by atoms with Crippen molar-refractivity contribution >= 4 is 75.3 Å². The van der Waals surface area contributed by atoms with E-state index in [2.05, 4.69) is 0 Å². The van der Waals surface area contributed by atoms with Gasteiger partial charge in [-0.05, 0) is 87.9 Å². The highest BCUT2D eigenvalue weighted by molar-refractivity contribution is 7.86. The lowest BCUT2D eigenvalue weighted by atomic mass is 9.76. The Kier molecular flexibility index (Phi) is 17.3. The number of imide groups is 1. The van der Waals surface area contributed by atoms with Crippen molar-refractivity contribution in [1.82, 2.24) is 5.06 Å². The molecule has 2 unspecified atom stereocenters. The number of ether oxygens (including phenoxy) is 1. The summed E-state index contributed by atoms with van der Waals surface area (Å²) >= 11 is 0. The molecule has 2 aromatic rings. The van der Waals surface area contributed by atoms with Gasteiger partial charge in [0.15, 0.2) is 5.71 Å². The summed E-state index contributed by atoms with van der Waals surface area (Å²) in [4.78, 5) is 42.4. The number of allylic oxidation sites excluding steroid dienone is 8. The molecule has 5 rings (SSSR count). The molecule has 68 heavy (non-hydrogen) atoms. The maximum Gasteiger partial charge on any atom is 0.333 e. The van der Waals surface area contributed by atoms with Crippen LogP contribution in [-0.4, -0.2) is 123 Å². The minimum atomic E-state index is -4.68. The molecule has 2 atom stereocenters. The normalized spacial score (nSPS) is 20.8. The molecule has 0 saturated carbocycles. The van der Waals surface area contributed by atoms with E-state index in [9.17, 15) is 66.3 Å². The molecule has 1 saturated heterocycles. The van der Waals surface area contributed by atoms with E-state index < -0.39 is 85.5 Å². The molecular formula is C44H56N3O17S4+. The van der Waals surface area contributed by atoms with Gasteiger partial charge < -0.3 is 14.5 Å². The Morgan fingerprint density at radius 2 is 1.31 bits per heavy atom. The van der Waals surface area contributed by atoms with Gasteiger partial charge in [-0.2, -0.15) is 38.2 Å². The number of unbranched alkanes of at least 4 members (excludes halogenated alkanes) is 2. The summed E-state index contributed by atoms with van der Waals surface area (Å²) in [6, 6.07) is 8.24. The van der Waals surface area contributed by atoms with Crippen LogP contribution in [-0.2, 0) is 75.3 Å². The fourth-order valence-electron chi connectivity index (χ4n) is 8.72. The molecular weight excluding hydrogens is 971 g/mol. The highest BCUT2D eigenvalue weighted by Crippen LogP contribution is 2.51. The van der Waals surface area contributed by atoms with E-state index in [0.29, 0.717) is 65.5 Å². The van der Waals surface area contributed by atoms with Crippen LogP contribution in [0.15, 0.2) is 94.4 Å². The van der Waals surface area contributed by atoms with Crippen molar-refractivity contribution in [2.24, 2.45) is 0 Å². The number of rotatable bonds is 24. The highest BCUT2D eigenvalue weighted by atomic mass is 32.2. The average Bonchev–Trinajstić information content (AvgIpc) is 3.76. The first kappa shape index (κ1) is 54.0. The summed E-state index contributed by atoms with van der Waals surface area (Å²) in [6.07, 6.45) is 13.9. The molecule has 24 heteroatoms. The fraction of sp³-hybridized carbons (Fsp3) is 0.455. The van der Waals surface area contributed by atoms with Gasteiger partial charge in [-0.25, -0.2) is 4.79 Å². The first-order chi connectivity index (χ1) is 31.7. The van der Waals surface area contributed by atoms with Gasteiger partial charge in [-0.15, -0.1) is 5.06 Å². The van der Waals surface area contributed by atoms with Crippen molar-refractivity contribution in [2.75, 3.05) is 43.2 Å². The fourth-order valence-corrected chi connectivity index (χ4v) is 10.7. The Labute approximate surface area is 396 Å². The second-order valence-corrected chi connectivity index (χ2v) is 23.0. The van der Waals surface area contributed by atoms with Crippen molar-refractivity contribution in [2.45, 2.75) is 98.7 Å². The molecule has 0 spiro atoms. The Hall–Kier alpha value is -4.92. The lowest BCUT2D eigenvalue weighted by Gasteiger charge is -2.30. The summed E-state index contributed by atoms with van der Waals surface area (Å²) in [6.45, 7) is 4.40. The lowest BCUT2D eigenvalue weighted by Crippen LogP contribution is -2.32. The van der Waals surface area contributed by atoms with Gasteiger partial charge in [0.05, 0.1) is 26.7 Å². The quantitative estimate of drug-likeness (QED) is 0.0353. The van der Waals surface area contributed by atoms with Crippen molar-refractivity contribution in [1.29, 1.82) is 0 Å². The van der Waals surface area contributed by atoms with E-state index in [-0.39, 0.29) is 56.6 Å². The Morgan fingerprint density at radius 1 is 0.721 bits per heavy atom. The minimum Gasteiger partial charge on any atom is -0.385 e. The van der Waals surface area contributed by atoms with E-state index >= 15 is 0 Å². The third kappa shape index (κ3) is 13.4. The summed E-state index contributed by atoms with van der Waals surface area (Å²) in [7, 11) is -16.4. The van der Waals surface area contributed by atoms with Crippen molar-refractivity contribution in [3.05, 3.63) is 95.8 Å². The summed E-state index contributed by atoms with van der Waals surface area (Å²) < 4.78 is 142. The number of amides is 2. The van der Waals surface area contributed by atoms with Crippen LogP contribution in [0.1, 0.15) is 89.2 Å². The van der Waals surface area contributed by atoms with Gasteiger partial charge in [-0.1, -0.05) is 36.8 Å².